The number of aromatic nitrogens is 1. The smallest absolute Gasteiger partial charge is 0.229 e. The van der Waals surface area contributed by atoms with E-state index in [0.29, 0.717) is 24.5 Å². The van der Waals surface area contributed by atoms with Crippen molar-refractivity contribution in [2.24, 2.45) is 5.92 Å². The van der Waals surface area contributed by atoms with Crippen molar-refractivity contribution in [1.29, 1.82) is 0 Å². The summed E-state index contributed by atoms with van der Waals surface area (Å²) in [5.74, 6) is 3.01. The molecular weight excluding hydrogens is 270 g/mol. The quantitative estimate of drug-likeness (QED) is 0.791. The highest BCUT2D eigenvalue weighted by molar-refractivity contribution is 9.10. The third-order valence-corrected chi connectivity index (χ3v) is 2.91. The molecule has 1 aromatic heterocycles. The lowest BCUT2D eigenvalue weighted by molar-refractivity contribution is -0.117. The van der Waals surface area contributed by atoms with Crippen molar-refractivity contribution in [3.8, 4) is 12.3 Å². The molecule has 1 aliphatic heterocycles. The van der Waals surface area contributed by atoms with Crippen LogP contribution in [0, 0.1) is 18.3 Å². The van der Waals surface area contributed by atoms with Crippen LogP contribution in [-0.4, -0.2) is 17.4 Å². The molecule has 82 valence electrons. The highest BCUT2D eigenvalue weighted by Crippen LogP contribution is 2.29. The molecule has 16 heavy (non-hydrogen) atoms. The fraction of sp³-hybridized carbons (Fsp3) is 0.273. The highest BCUT2D eigenvalue weighted by Gasteiger charge is 2.31. The molecule has 2 heterocycles. The van der Waals surface area contributed by atoms with Crippen molar-refractivity contribution in [2.75, 3.05) is 17.2 Å². The van der Waals surface area contributed by atoms with Crippen LogP contribution >= 0.6 is 15.9 Å². The van der Waals surface area contributed by atoms with Gasteiger partial charge in [0.25, 0.3) is 0 Å². The van der Waals surface area contributed by atoms with Gasteiger partial charge in [0.15, 0.2) is 5.82 Å². The van der Waals surface area contributed by atoms with Gasteiger partial charge in [-0.15, -0.1) is 12.3 Å². The summed E-state index contributed by atoms with van der Waals surface area (Å²) in [7, 11) is 0. The van der Waals surface area contributed by atoms with Crippen molar-refractivity contribution >= 4 is 33.3 Å². The van der Waals surface area contributed by atoms with Gasteiger partial charge in [-0.3, -0.25) is 9.69 Å². The molecule has 1 saturated heterocycles. The first-order valence-electron chi connectivity index (χ1n) is 4.79. The molecule has 0 spiro atoms. The lowest BCUT2D eigenvalue weighted by Crippen LogP contribution is -2.26. The van der Waals surface area contributed by atoms with Crippen LogP contribution < -0.4 is 10.6 Å². The second-order valence-electron chi connectivity index (χ2n) is 3.64. The summed E-state index contributed by atoms with van der Waals surface area (Å²) in [4.78, 5) is 17.4. The maximum absolute atomic E-state index is 11.7. The Morgan fingerprint density at radius 3 is 3.00 bits per heavy atom. The minimum atomic E-state index is -0.0441. The predicted octanol–water partition coefficient (Wildman–Crippen LogP) is 1.41. The Kier molecular flexibility index (Phi) is 2.84. The summed E-state index contributed by atoms with van der Waals surface area (Å²) in [6.07, 6.45) is 7.29. The number of amides is 1. The zero-order valence-electron chi connectivity index (χ0n) is 8.48. The second-order valence-corrected chi connectivity index (χ2v) is 4.55. The highest BCUT2D eigenvalue weighted by atomic mass is 79.9. The Labute approximate surface area is 102 Å². The van der Waals surface area contributed by atoms with E-state index in [1.807, 2.05) is 0 Å². The average Bonchev–Trinajstić information content (AvgIpc) is 2.60. The molecule has 2 rings (SSSR count). The first kappa shape index (κ1) is 11.0. The van der Waals surface area contributed by atoms with Crippen molar-refractivity contribution < 1.29 is 4.79 Å². The molecule has 0 aliphatic carbocycles. The van der Waals surface area contributed by atoms with E-state index in [9.17, 15) is 4.79 Å². The van der Waals surface area contributed by atoms with Crippen LogP contribution in [0.15, 0.2) is 16.7 Å². The number of carbonyl (C=O) groups is 1. The molecule has 0 radical (unpaired) electrons. The number of nitrogen functional groups attached to an aromatic ring is 1. The van der Waals surface area contributed by atoms with Gasteiger partial charge in [0.05, 0.1) is 5.69 Å². The fourth-order valence-corrected chi connectivity index (χ4v) is 2.05. The van der Waals surface area contributed by atoms with E-state index < -0.39 is 0 Å². The Hall–Kier alpha value is -1.54. The SMILES string of the molecule is C#CC1CC(=O)N(c2ncc(Br)cc2N)C1. The normalized spacial score (nSPS) is 19.9. The van der Waals surface area contributed by atoms with Crippen molar-refractivity contribution in [3.63, 3.8) is 0 Å². The monoisotopic (exact) mass is 279 g/mol. The van der Waals surface area contributed by atoms with Gasteiger partial charge in [-0.05, 0) is 22.0 Å². The van der Waals surface area contributed by atoms with Crippen molar-refractivity contribution in [1.82, 2.24) is 4.98 Å². The number of nitrogens with zero attached hydrogens (tertiary/aromatic N) is 2. The predicted molar refractivity (Wildman–Crippen MR) is 65.6 cm³/mol. The number of hydrogen-bond donors (Lipinski definition) is 1. The number of pyridine rings is 1. The minimum Gasteiger partial charge on any atom is -0.396 e. The van der Waals surface area contributed by atoms with Gasteiger partial charge >= 0.3 is 0 Å². The largest absolute Gasteiger partial charge is 0.396 e. The molecule has 1 fully saturated rings. The van der Waals surface area contributed by atoms with Crippen molar-refractivity contribution in [3.05, 3.63) is 16.7 Å². The summed E-state index contributed by atoms with van der Waals surface area (Å²) < 4.78 is 0.786. The minimum absolute atomic E-state index is 0.0236. The molecule has 0 aromatic carbocycles. The van der Waals surface area contributed by atoms with E-state index in [-0.39, 0.29) is 11.8 Å². The zero-order valence-corrected chi connectivity index (χ0v) is 10.1. The number of halogens is 1. The zero-order chi connectivity index (χ0) is 11.7. The van der Waals surface area contributed by atoms with Crippen molar-refractivity contribution in [2.45, 2.75) is 6.42 Å². The Morgan fingerprint density at radius 2 is 2.44 bits per heavy atom. The summed E-state index contributed by atoms with van der Waals surface area (Å²) in [6.45, 7) is 0.494. The van der Waals surface area contributed by atoms with Crippen LogP contribution in [0.2, 0.25) is 0 Å². The Bertz CT molecular complexity index is 481. The summed E-state index contributed by atoms with van der Waals surface area (Å²) in [5.41, 5.74) is 6.28. The van der Waals surface area contributed by atoms with Crippen LogP contribution in [0.4, 0.5) is 11.5 Å². The molecule has 2 N–H and O–H groups in total. The van der Waals surface area contributed by atoms with Crippen LogP contribution in [-0.2, 0) is 4.79 Å². The van der Waals surface area contributed by atoms with Gasteiger partial charge < -0.3 is 5.73 Å². The van der Waals surface area contributed by atoms with Gasteiger partial charge in [-0.2, -0.15) is 0 Å². The van der Waals surface area contributed by atoms with Crippen LogP contribution in [0.5, 0.6) is 0 Å². The second kappa shape index (κ2) is 4.14. The van der Waals surface area contributed by atoms with Gasteiger partial charge in [-0.25, -0.2) is 4.98 Å². The number of nitrogens with two attached hydrogens (primary N) is 1. The maximum atomic E-state index is 11.7. The average molecular weight is 280 g/mol. The number of carbonyl (C=O) groups excluding carboxylic acids is 1. The number of rotatable bonds is 1. The maximum Gasteiger partial charge on any atom is 0.229 e. The molecule has 1 amide bonds. The fourth-order valence-electron chi connectivity index (χ4n) is 1.70. The van der Waals surface area contributed by atoms with E-state index in [2.05, 4.69) is 26.8 Å². The Morgan fingerprint density at radius 1 is 1.69 bits per heavy atom. The van der Waals surface area contributed by atoms with E-state index >= 15 is 0 Å². The molecular formula is C11H10BrN3O. The van der Waals surface area contributed by atoms with Gasteiger partial charge in [0.1, 0.15) is 0 Å². The number of hydrogen-bond acceptors (Lipinski definition) is 3. The number of terminal acetylenes is 1. The molecule has 1 aromatic rings. The van der Waals surface area contributed by atoms with Gasteiger partial charge in [0, 0.05) is 29.6 Å². The van der Waals surface area contributed by atoms with Gasteiger partial charge in [0.2, 0.25) is 5.91 Å². The van der Waals surface area contributed by atoms with E-state index in [1.165, 1.54) is 0 Å². The van der Waals surface area contributed by atoms with E-state index in [0.717, 1.165) is 4.47 Å². The first-order chi connectivity index (χ1) is 7.61. The Balaban J connectivity index is 2.32. The lowest BCUT2D eigenvalue weighted by Gasteiger charge is -2.16. The molecule has 5 heteroatoms. The molecule has 1 atom stereocenters. The molecule has 1 unspecified atom stereocenters. The van der Waals surface area contributed by atoms with Crippen LogP contribution in [0.25, 0.3) is 0 Å². The third kappa shape index (κ3) is 1.89. The van der Waals surface area contributed by atoms with E-state index in [1.54, 1.807) is 17.2 Å². The lowest BCUT2D eigenvalue weighted by atomic mass is 10.1. The topological polar surface area (TPSA) is 59.2 Å². The molecule has 0 saturated carbocycles. The third-order valence-electron chi connectivity index (χ3n) is 2.48. The molecule has 1 aliphatic rings. The van der Waals surface area contributed by atoms with E-state index in [4.69, 9.17) is 12.2 Å². The standard InChI is InChI=1S/C11H10BrN3O/c1-2-7-3-10(16)15(6-7)11-9(13)4-8(12)5-14-11/h1,4-5,7H,3,6,13H2. The number of anilines is 2. The summed E-state index contributed by atoms with van der Waals surface area (Å²) in [6, 6.07) is 1.72. The van der Waals surface area contributed by atoms with Crippen LogP contribution in [0.1, 0.15) is 6.42 Å². The van der Waals surface area contributed by atoms with Gasteiger partial charge in [-0.1, -0.05) is 0 Å². The van der Waals surface area contributed by atoms with Crippen LogP contribution in [0.3, 0.4) is 0 Å². The molecule has 0 bridgehead atoms. The summed E-state index contributed by atoms with van der Waals surface area (Å²) in [5, 5.41) is 0. The summed E-state index contributed by atoms with van der Waals surface area (Å²) >= 11 is 3.27. The first-order valence-corrected chi connectivity index (χ1v) is 5.58. The molecule has 4 nitrogen and oxygen atoms in total.